The van der Waals surface area contributed by atoms with Gasteiger partial charge in [0.15, 0.2) is 0 Å². The van der Waals surface area contributed by atoms with E-state index in [4.69, 9.17) is 4.74 Å². The molecular weight excluding hydrogens is 244 g/mol. The van der Waals surface area contributed by atoms with Crippen LogP contribution in [0.2, 0.25) is 0 Å². The van der Waals surface area contributed by atoms with Gasteiger partial charge in [-0.3, -0.25) is 0 Å². The van der Waals surface area contributed by atoms with Crippen LogP contribution in [0.1, 0.15) is 24.0 Å². The molecule has 0 fully saturated rings. The average molecular weight is 266 g/mol. The molecule has 0 aromatic heterocycles. The van der Waals surface area contributed by atoms with Crippen molar-refractivity contribution in [1.29, 1.82) is 0 Å². The van der Waals surface area contributed by atoms with E-state index in [0.717, 1.165) is 19.3 Å². The molecule has 104 valence electrons. The summed E-state index contributed by atoms with van der Waals surface area (Å²) in [4.78, 5) is 0. The maximum atomic E-state index is 6.02. The van der Waals surface area contributed by atoms with E-state index < -0.39 is 0 Å². The molecule has 2 aromatic rings. The third kappa shape index (κ3) is 5.02. The molecular formula is C19H22O. The zero-order chi connectivity index (χ0) is 14.0. The lowest BCUT2D eigenvalue weighted by Crippen LogP contribution is -2.13. The van der Waals surface area contributed by atoms with E-state index in [1.165, 1.54) is 11.1 Å². The minimum Gasteiger partial charge on any atom is -0.373 e. The molecule has 1 heteroatoms. The van der Waals surface area contributed by atoms with Gasteiger partial charge in [0.2, 0.25) is 0 Å². The fourth-order valence-electron chi connectivity index (χ4n) is 2.22. The Balaban J connectivity index is 1.82. The zero-order valence-electron chi connectivity index (χ0n) is 11.9. The van der Waals surface area contributed by atoms with E-state index in [9.17, 15) is 0 Å². The SMILES string of the molecule is C=CCC(CCc1ccccc1)OCc1ccccc1. The number of aryl methyl sites for hydroxylation is 1. The molecule has 0 aliphatic carbocycles. The highest BCUT2D eigenvalue weighted by atomic mass is 16.5. The third-order valence-electron chi connectivity index (χ3n) is 3.36. The maximum Gasteiger partial charge on any atom is 0.0720 e. The molecule has 1 nitrogen and oxygen atoms in total. The molecule has 0 radical (unpaired) electrons. The molecule has 0 amide bonds. The largest absolute Gasteiger partial charge is 0.373 e. The number of hydrogen-bond acceptors (Lipinski definition) is 1. The van der Waals surface area contributed by atoms with Crippen molar-refractivity contribution in [2.45, 2.75) is 32.0 Å². The highest BCUT2D eigenvalue weighted by Gasteiger charge is 2.08. The standard InChI is InChI=1S/C19H22O/c1-2-9-19(15-14-17-10-5-3-6-11-17)20-16-18-12-7-4-8-13-18/h2-8,10-13,19H,1,9,14-16H2. The molecule has 0 saturated heterocycles. The Kier molecular flexibility index (Phi) is 6.07. The Labute approximate surface area is 121 Å². The Morgan fingerprint density at radius 2 is 1.50 bits per heavy atom. The van der Waals surface area contributed by atoms with Crippen LogP contribution in [0.25, 0.3) is 0 Å². The fourth-order valence-corrected chi connectivity index (χ4v) is 2.22. The third-order valence-corrected chi connectivity index (χ3v) is 3.36. The van der Waals surface area contributed by atoms with Crippen LogP contribution in [-0.4, -0.2) is 6.10 Å². The number of benzene rings is 2. The van der Waals surface area contributed by atoms with Crippen molar-refractivity contribution in [3.63, 3.8) is 0 Å². The summed E-state index contributed by atoms with van der Waals surface area (Å²) < 4.78 is 6.02. The van der Waals surface area contributed by atoms with Gasteiger partial charge in [-0.05, 0) is 30.4 Å². The minimum absolute atomic E-state index is 0.243. The van der Waals surface area contributed by atoms with Gasteiger partial charge < -0.3 is 4.74 Å². The lowest BCUT2D eigenvalue weighted by Gasteiger charge is -2.16. The predicted octanol–water partition coefficient (Wildman–Crippen LogP) is 4.78. The summed E-state index contributed by atoms with van der Waals surface area (Å²) in [6, 6.07) is 20.9. The van der Waals surface area contributed by atoms with Crippen molar-refractivity contribution >= 4 is 0 Å². The van der Waals surface area contributed by atoms with Crippen molar-refractivity contribution in [3.05, 3.63) is 84.4 Å². The van der Waals surface area contributed by atoms with Crippen LogP contribution in [0.3, 0.4) is 0 Å². The van der Waals surface area contributed by atoms with Crippen molar-refractivity contribution in [2.75, 3.05) is 0 Å². The number of ether oxygens (including phenoxy) is 1. The Morgan fingerprint density at radius 1 is 0.900 bits per heavy atom. The molecule has 0 saturated carbocycles. The van der Waals surface area contributed by atoms with Crippen molar-refractivity contribution in [3.8, 4) is 0 Å². The first kappa shape index (κ1) is 14.5. The van der Waals surface area contributed by atoms with Crippen molar-refractivity contribution in [2.24, 2.45) is 0 Å². The van der Waals surface area contributed by atoms with E-state index >= 15 is 0 Å². The lowest BCUT2D eigenvalue weighted by atomic mass is 10.0. The van der Waals surface area contributed by atoms with Crippen LogP contribution in [0.5, 0.6) is 0 Å². The van der Waals surface area contributed by atoms with Crippen LogP contribution < -0.4 is 0 Å². The molecule has 0 aliphatic heterocycles. The van der Waals surface area contributed by atoms with Gasteiger partial charge in [0.05, 0.1) is 12.7 Å². The average Bonchev–Trinajstić information content (AvgIpc) is 2.52. The van der Waals surface area contributed by atoms with Gasteiger partial charge in [-0.1, -0.05) is 66.7 Å². The van der Waals surface area contributed by atoms with Crippen LogP contribution in [0.15, 0.2) is 73.3 Å². The molecule has 20 heavy (non-hydrogen) atoms. The van der Waals surface area contributed by atoms with Gasteiger partial charge in [-0.25, -0.2) is 0 Å². The van der Waals surface area contributed by atoms with Crippen molar-refractivity contribution in [1.82, 2.24) is 0 Å². The summed E-state index contributed by atoms with van der Waals surface area (Å²) in [5.74, 6) is 0. The van der Waals surface area contributed by atoms with Crippen LogP contribution in [0, 0.1) is 0 Å². The summed E-state index contributed by atoms with van der Waals surface area (Å²) in [6.07, 6.45) is 5.17. The molecule has 0 spiro atoms. The van der Waals surface area contributed by atoms with Crippen LogP contribution >= 0.6 is 0 Å². The molecule has 2 aromatic carbocycles. The second-order valence-electron chi connectivity index (χ2n) is 4.97. The monoisotopic (exact) mass is 266 g/mol. The first-order chi connectivity index (χ1) is 9.88. The molecule has 0 aliphatic rings. The fraction of sp³-hybridized carbons (Fsp3) is 0.263. The Bertz CT molecular complexity index is 446. The topological polar surface area (TPSA) is 9.23 Å². The van der Waals surface area contributed by atoms with E-state index in [0.29, 0.717) is 6.61 Å². The van der Waals surface area contributed by atoms with Gasteiger partial charge in [0, 0.05) is 0 Å². The van der Waals surface area contributed by atoms with Crippen molar-refractivity contribution < 1.29 is 4.74 Å². The smallest absolute Gasteiger partial charge is 0.0720 e. The van der Waals surface area contributed by atoms with Crippen LogP contribution in [-0.2, 0) is 17.8 Å². The molecule has 1 unspecified atom stereocenters. The van der Waals surface area contributed by atoms with E-state index in [2.05, 4.69) is 49.0 Å². The van der Waals surface area contributed by atoms with Gasteiger partial charge >= 0.3 is 0 Å². The summed E-state index contributed by atoms with van der Waals surface area (Å²) in [5.41, 5.74) is 2.59. The van der Waals surface area contributed by atoms with E-state index in [1.807, 2.05) is 24.3 Å². The number of hydrogen-bond donors (Lipinski definition) is 0. The molecule has 1 atom stereocenters. The lowest BCUT2D eigenvalue weighted by molar-refractivity contribution is 0.0373. The summed E-state index contributed by atoms with van der Waals surface area (Å²) in [5, 5.41) is 0. The molecule has 2 rings (SSSR count). The first-order valence-corrected chi connectivity index (χ1v) is 7.19. The maximum absolute atomic E-state index is 6.02. The quantitative estimate of drug-likeness (QED) is 0.625. The molecule has 0 N–H and O–H groups in total. The Hall–Kier alpha value is -1.86. The van der Waals surface area contributed by atoms with Gasteiger partial charge in [0.1, 0.15) is 0 Å². The first-order valence-electron chi connectivity index (χ1n) is 7.19. The van der Waals surface area contributed by atoms with E-state index in [-0.39, 0.29) is 6.10 Å². The van der Waals surface area contributed by atoms with E-state index in [1.54, 1.807) is 0 Å². The summed E-state index contributed by atoms with van der Waals surface area (Å²) >= 11 is 0. The highest BCUT2D eigenvalue weighted by Crippen LogP contribution is 2.13. The zero-order valence-corrected chi connectivity index (χ0v) is 11.9. The highest BCUT2D eigenvalue weighted by molar-refractivity contribution is 5.15. The normalized spacial score (nSPS) is 12.0. The second kappa shape index (κ2) is 8.34. The van der Waals surface area contributed by atoms with Crippen LogP contribution in [0.4, 0.5) is 0 Å². The molecule has 0 heterocycles. The summed E-state index contributed by atoms with van der Waals surface area (Å²) in [7, 11) is 0. The van der Waals surface area contributed by atoms with Gasteiger partial charge in [-0.2, -0.15) is 0 Å². The second-order valence-corrected chi connectivity index (χ2v) is 4.97. The summed E-state index contributed by atoms with van der Waals surface area (Å²) in [6.45, 7) is 4.51. The minimum atomic E-state index is 0.243. The van der Waals surface area contributed by atoms with Gasteiger partial charge in [0.25, 0.3) is 0 Å². The van der Waals surface area contributed by atoms with Gasteiger partial charge in [-0.15, -0.1) is 6.58 Å². The Morgan fingerprint density at radius 3 is 2.10 bits per heavy atom. The predicted molar refractivity (Wildman–Crippen MR) is 84.6 cm³/mol. The number of rotatable bonds is 8. The molecule has 0 bridgehead atoms.